The molecule has 31 heavy (non-hydrogen) atoms. The predicted octanol–water partition coefficient (Wildman–Crippen LogP) is 5.01. The molecule has 1 saturated heterocycles. The first-order chi connectivity index (χ1) is 15.0. The maximum absolute atomic E-state index is 13.4. The SMILES string of the molecule is CC(C)NC(=O)[C@@]1(Cc2ccccc2-c2cccs2)CCN(C(=O)c2ccccc2)C1. The molecule has 2 aromatic carbocycles. The minimum absolute atomic E-state index is 0.00800. The van der Waals surface area contributed by atoms with Gasteiger partial charge in [-0.25, -0.2) is 0 Å². The highest BCUT2D eigenvalue weighted by Gasteiger charge is 2.46. The van der Waals surface area contributed by atoms with Crippen LogP contribution in [0.1, 0.15) is 36.2 Å². The summed E-state index contributed by atoms with van der Waals surface area (Å²) in [5.41, 5.74) is 2.35. The lowest BCUT2D eigenvalue weighted by atomic mass is 9.78. The van der Waals surface area contributed by atoms with E-state index in [1.165, 1.54) is 10.4 Å². The molecule has 4 nitrogen and oxygen atoms in total. The van der Waals surface area contributed by atoms with Gasteiger partial charge in [0.1, 0.15) is 0 Å². The van der Waals surface area contributed by atoms with Gasteiger partial charge < -0.3 is 10.2 Å². The number of carbonyl (C=O) groups is 2. The number of likely N-dealkylation sites (tertiary alicyclic amines) is 1. The maximum Gasteiger partial charge on any atom is 0.253 e. The van der Waals surface area contributed by atoms with Crippen molar-refractivity contribution in [1.29, 1.82) is 0 Å². The van der Waals surface area contributed by atoms with Crippen LogP contribution in [-0.2, 0) is 11.2 Å². The summed E-state index contributed by atoms with van der Waals surface area (Å²) in [6, 6.07) is 21.8. The molecule has 0 radical (unpaired) electrons. The van der Waals surface area contributed by atoms with Gasteiger partial charge in [-0.05, 0) is 61.4 Å². The van der Waals surface area contributed by atoms with Gasteiger partial charge in [0, 0.05) is 29.6 Å². The smallest absolute Gasteiger partial charge is 0.253 e. The Hall–Kier alpha value is -2.92. The molecule has 3 aromatic rings. The highest BCUT2D eigenvalue weighted by atomic mass is 32.1. The molecule has 0 bridgehead atoms. The van der Waals surface area contributed by atoms with Crippen LogP contribution in [0.5, 0.6) is 0 Å². The van der Waals surface area contributed by atoms with Crippen molar-refractivity contribution < 1.29 is 9.59 Å². The summed E-state index contributed by atoms with van der Waals surface area (Å²) in [5, 5.41) is 5.20. The third-order valence-corrected chi connectivity index (χ3v) is 6.80. The van der Waals surface area contributed by atoms with Gasteiger partial charge in [0.05, 0.1) is 5.41 Å². The fourth-order valence-electron chi connectivity index (χ4n) is 4.35. The van der Waals surface area contributed by atoms with Gasteiger partial charge in [-0.2, -0.15) is 0 Å². The Morgan fingerprint density at radius 2 is 1.77 bits per heavy atom. The average Bonchev–Trinajstić information content (AvgIpc) is 3.45. The number of nitrogens with zero attached hydrogens (tertiary/aromatic N) is 1. The molecule has 0 aliphatic carbocycles. The quantitative estimate of drug-likeness (QED) is 0.595. The molecule has 4 rings (SSSR count). The fraction of sp³-hybridized carbons (Fsp3) is 0.308. The Balaban J connectivity index is 1.65. The van der Waals surface area contributed by atoms with E-state index in [9.17, 15) is 9.59 Å². The second kappa shape index (κ2) is 9.06. The summed E-state index contributed by atoms with van der Waals surface area (Å²) in [6.45, 7) is 4.97. The number of hydrogen-bond donors (Lipinski definition) is 1. The number of rotatable bonds is 6. The largest absolute Gasteiger partial charge is 0.353 e. The van der Waals surface area contributed by atoms with Crippen LogP contribution in [0.2, 0.25) is 0 Å². The minimum Gasteiger partial charge on any atom is -0.353 e. The molecular weight excluding hydrogens is 404 g/mol. The first-order valence-electron chi connectivity index (χ1n) is 10.8. The number of nitrogens with one attached hydrogen (secondary N) is 1. The van der Waals surface area contributed by atoms with E-state index in [1.807, 2.05) is 67.3 Å². The fourth-order valence-corrected chi connectivity index (χ4v) is 5.13. The Labute approximate surface area is 187 Å². The van der Waals surface area contributed by atoms with Crippen LogP contribution in [0.3, 0.4) is 0 Å². The molecule has 0 spiro atoms. The summed E-state index contributed by atoms with van der Waals surface area (Å²) < 4.78 is 0. The number of benzene rings is 2. The van der Waals surface area contributed by atoms with E-state index in [0.717, 1.165) is 5.56 Å². The Bertz CT molecular complexity index is 1050. The van der Waals surface area contributed by atoms with Crippen LogP contribution in [0, 0.1) is 5.41 Å². The molecule has 1 aliphatic rings. The van der Waals surface area contributed by atoms with Crippen molar-refractivity contribution in [1.82, 2.24) is 10.2 Å². The van der Waals surface area contributed by atoms with E-state index in [-0.39, 0.29) is 17.9 Å². The number of thiophene rings is 1. The average molecular weight is 433 g/mol. The van der Waals surface area contributed by atoms with Crippen LogP contribution in [0.15, 0.2) is 72.1 Å². The summed E-state index contributed by atoms with van der Waals surface area (Å²) in [5.74, 6) is 0.0261. The Morgan fingerprint density at radius 1 is 1.03 bits per heavy atom. The van der Waals surface area contributed by atoms with Gasteiger partial charge in [0.2, 0.25) is 5.91 Å². The van der Waals surface area contributed by atoms with E-state index < -0.39 is 5.41 Å². The Morgan fingerprint density at radius 3 is 2.48 bits per heavy atom. The second-order valence-corrected chi connectivity index (χ2v) is 9.51. The van der Waals surface area contributed by atoms with Crippen LogP contribution in [0.4, 0.5) is 0 Å². The lowest BCUT2D eigenvalue weighted by Gasteiger charge is -2.30. The van der Waals surface area contributed by atoms with Gasteiger partial charge in [0.25, 0.3) is 5.91 Å². The molecule has 160 valence electrons. The third kappa shape index (κ3) is 4.57. The van der Waals surface area contributed by atoms with Crippen molar-refractivity contribution in [2.75, 3.05) is 13.1 Å². The van der Waals surface area contributed by atoms with Crippen molar-refractivity contribution in [3.8, 4) is 10.4 Å². The molecule has 1 aromatic heterocycles. The van der Waals surface area contributed by atoms with Crippen molar-refractivity contribution in [3.05, 3.63) is 83.2 Å². The van der Waals surface area contributed by atoms with E-state index in [2.05, 4.69) is 28.9 Å². The third-order valence-electron chi connectivity index (χ3n) is 5.90. The first kappa shape index (κ1) is 21.3. The minimum atomic E-state index is -0.637. The van der Waals surface area contributed by atoms with Gasteiger partial charge in [-0.3, -0.25) is 9.59 Å². The normalized spacial score (nSPS) is 18.4. The molecule has 1 fully saturated rings. The zero-order valence-corrected chi connectivity index (χ0v) is 18.8. The molecular formula is C26H28N2O2S. The first-order valence-corrected chi connectivity index (χ1v) is 11.6. The number of amides is 2. The number of hydrogen-bond acceptors (Lipinski definition) is 3. The van der Waals surface area contributed by atoms with E-state index >= 15 is 0 Å². The van der Waals surface area contributed by atoms with Crippen LogP contribution in [-0.4, -0.2) is 35.8 Å². The lowest BCUT2D eigenvalue weighted by molar-refractivity contribution is -0.130. The van der Waals surface area contributed by atoms with Gasteiger partial charge >= 0.3 is 0 Å². The molecule has 0 saturated carbocycles. The van der Waals surface area contributed by atoms with Crippen molar-refractivity contribution in [2.24, 2.45) is 5.41 Å². The standard InChI is InChI=1S/C26H28N2O2S/c1-19(2)27-25(30)26(14-15-28(18-26)24(29)20-9-4-3-5-10-20)17-21-11-6-7-12-22(21)23-13-8-16-31-23/h3-13,16,19H,14-15,17-18H2,1-2H3,(H,27,30)/t26-/m1/s1. The topological polar surface area (TPSA) is 49.4 Å². The van der Waals surface area contributed by atoms with Crippen molar-refractivity contribution in [2.45, 2.75) is 32.7 Å². The summed E-state index contributed by atoms with van der Waals surface area (Å²) in [6.07, 6.45) is 1.26. The Kier molecular flexibility index (Phi) is 6.23. The zero-order valence-electron chi connectivity index (χ0n) is 18.0. The highest BCUT2D eigenvalue weighted by Crippen LogP contribution is 2.39. The number of carbonyl (C=O) groups excluding carboxylic acids is 2. The van der Waals surface area contributed by atoms with Gasteiger partial charge in [-0.15, -0.1) is 11.3 Å². The monoisotopic (exact) mass is 432 g/mol. The molecule has 5 heteroatoms. The van der Waals surface area contributed by atoms with E-state index in [0.29, 0.717) is 31.5 Å². The second-order valence-electron chi connectivity index (χ2n) is 8.56. The van der Waals surface area contributed by atoms with Gasteiger partial charge in [-0.1, -0.05) is 48.5 Å². The lowest BCUT2D eigenvalue weighted by Crippen LogP contribution is -2.47. The van der Waals surface area contributed by atoms with Crippen LogP contribution < -0.4 is 5.32 Å². The molecule has 1 atom stereocenters. The zero-order chi connectivity index (χ0) is 21.8. The van der Waals surface area contributed by atoms with E-state index in [1.54, 1.807) is 11.3 Å². The molecule has 2 heterocycles. The highest BCUT2D eigenvalue weighted by molar-refractivity contribution is 7.13. The van der Waals surface area contributed by atoms with Crippen molar-refractivity contribution in [3.63, 3.8) is 0 Å². The summed E-state index contributed by atoms with van der Waals surface area (Å²) >= 11 is 1.70. The van der Waals surface area contributed by atoms with E-state index in [4.69, 9.17) is 0 Å². The summed E-state index contributed by atoms with van der Waals surface area (Å²) in [7, 11) is 0. The molecule has 1 aliphatic heterocycles. The van der Waals surface area contributed by atoms with Crippen LogP contribution in [0.25, 0.3) is 10.4 Å². The summed E-state index contributed by atoms with van der Waals surface area (Å²) in [4.78, 5) is 29.6. The maximum atomic E-state index is 13.4. The molecule has 1 N–H and O–H groups in total. The van der Waals surface area contributed by atoms with Gasteiger partial charge in [0.15, 0.2) is 0 Å². The molecule has 0 unspecified atom stereocenters. The molecule has 2 amide bonds. The predicted molar refractivity (Wildman–Crippen MR) is 126 cm³/mol. The van der Waals surface area contributed by atoms with Crippen molar-refractivity contribution >= 4 is 23.2 Å². The van der Waals surface area contributed by atoms with Crippen LogP contribution >= 0.6 is 11.3 Å².